The second-order valence-corrected chi connectivity index (χ2v) is 5.28. The number of nitrogens with one attached hydrogen (secondary N) is 3. The van der Waals surface area contributed by atoms with Crippen LogP contribution in [0.2, 0.25) is 10.0 Å². The SMILES string of the molecule is O=C(CNC(=O)Nc1c(Cl)cccc1Cl)Nc1cccc(F)c1. The van der Waals surface area contributed by atoms with Crippen molar-refractivity contribution in [3.05, 3.63) is 58.3 Å². The van der Waals surface area contributed by atoms with Gasteiger partial charge in [-0.3, -0.25) is 4.79 Å². The topological polar surface area (TPSA) is 70.2 Å². The molecule has 0 spiro atoms. The minimum Gasteiger partial charge on any atom is -0.329 e. The number of rotatable bonds is 4. The smallest absolute Gasteiger partial charge is 0.319 e. The molecule has 2 aromatic rings. The standard InChI is InChI=1S/C15H12Cl2FN3O2/c16-11-5-2-6-12(17)14(11)21-15(23)19-8-13(22)20-10-4-1-3-9(18)7-10/h1-7H,8H2,(H,20,22)(H2,19,21,23). The number of amides is 3. The second-order valence-electron chi connectivity index (χ2n) is 4.46. The summed E-state index contributed by atoms with van der Waals surface area (Å²) < 4.78 is 13.0. The van der Waals surface area contributed by atoms with E-state index >= 15 is 0 Å². The molecule has 2 rings (SSSR count). The Morgan fingerprint density at radius 2 is 1.65 bits per heavy atom. The third-order valence-corrected chi connectivity index (χ3v) is 3.35. The molecule has 0 fully saturated rings. The first kappa shape index (κ1) is 17.1. The van der Waals surface area contributed by atoms with Crippen LogP contribution >= 0.6 is 23.2 Å². The van der Waals surface area contributed by atoms with Gasteiger partial charge in [0.15, 0.2) is 0 Å². The third-order valence-electron chi connectivity index (χ3n) is 2.72. The zero-order chi connectivity index (χ0) is 16.8. The molecule has 0 saturated carbocycles. The van der Waals surface area contributed by atoms with E-state index < -0.39 is 17.8 Å². The van der Waals surface area contributed by atoms with E-state index in [9.17, 15) is 14.0 Å². The van der Waals surface area contributed by atoms with E-state index in [1.807, 2.05) is 0 Å². The normalized spacial score (nSPS) is 10.0. The lowest BCUT2D eigenvalue weighted by atomic mass is 10.3. The van der Waals surface area contributed by atoms with Crippen LogP contribution in [0.5, 0.6) is 0 Å². The van der Waals surface area contributed by atoms with Gasteiger partial charge in [-0.25, -0.2) is 9.18 Å². The molecule has 0 aliphatic rings. The van der Waals surface area contributed by atoms with Crippen LogP contribution in [0.4, 0.5) is 20.6 Å². The molecule has 0 saturated heterocycles. The van der Waals surface area contributed by atoms with Gasteiger partial charge in [-0.1, -0.05) is 35.3 Å². The number of halogens is 3. The maximum atomic E-state index is 13.0. The van der Waals surface area contributed by atoms with Gasteiger partial charge in [-0.15, -0.1) is 0 Å². The lowest BCUT2D eigenvalue weighted by Crippen LogP contribution is -2.35. The van der Waals surface area contributed by atoms with Gasteiger partial charge in [-0.05, 0) is 30.3 Å². The van der Waals surface area contributed by atoms with E-state index in [0.717, 1.165) is 0 Å². The number of anilines is 2. The van der Waals surface area contributed by atoms with Crippen LogP contribution in [0, 0.1) is 5.82 Å². The largest absolute Gasteiger partial charge is 0.329 e. The zero-order valence-corrected chi connectivity index (χ0v) is 13.2. The van der Waals surface area contributed by atoms with Crippen molar-refractivity contribution in [2.24, 2.45) is 0 Å². The Bertz CT molecular complexity index is 720. The van der Waals surface area contributed by atoms with Crippen LogP contribution in [-0.2, 0) is 4.79 Å². The molecule has 120 valence electrons. The molecular weight excluding hydrogens is 344 g/mol. The molecule has 0 unspecified atom stereocenters. The Morgan fingerprint density at radius 3 is 2.30 bits per heavy atom. The van der Waals surface area contributed by atoms with Crippen LogP contribution in [-0.4, -0.2) is 18.5 Å². The van der Waals surface area contributed by atoms with Crippen molar-refractivity contribution < 1.29 is 14.0 Å². The number of para-hydroxylation sites is 1. The average molecular weight is 356 g/mol. The summed E-state index contributed by atoms with van der Waals surface area (Å²) in [6.07, 6.45) is 0. The van der Waals surface area contributed by atoms with E-state index in [2.05, 4.69) is 16.0 Å². The van der Waals surface area contributed by atoms with E-state index in [1.54, 1.807) is 18.2 Å². The predicted molar refractivity (Wildman–Crippen MR) is 88.5 cm³/mol. The highest BCUT2D eigenvalue weighted by molar-refractivity contribution is 6.39. The van der Waals surface area contributed by atoms with Gasteiger partial charge < -0.3 is 16.0 Å². The van der Waals surface area contributed by atoms with Gasteiger partial charge in [0.05, 0.1) is 22.3 Å². The molecule has 3 amide bonds. The minimum atomic E-state index is -0.644. The van der Waals surface area contributed by atoms with E-state index in [-0.39, 0.29) is 22.3 Å². The van der Waals surface area contributed by atoms with Gasteiger partial charge in [0.25, 0.3) is 0 Å². The van der Waals surface area contributed by atoms with Crippen LogP contribution in [0.15, 0.2) is 42.5 Å². The zero-order valence-electron chi connectivity index (χ0n) is 11.7. The summed E-state index contributed by atoms with van der Waals surface area (Å²) in [7, 11) is 0. The first-order valence-electron chi connectivity index (χ1n) is 6.50. The number of urea groups is 1. The monoisotopic (exact) mass is 355 g/mol. The molecule has 5 nitrogen and oxygen atoms in total. The summed E-state index contributed by atoms with van der Waals surface area (Å²) in [6.45, 7) is -0.301. The van der Waals surface area contributed by atoms with Crippen LogP contribution in [0.3, 0.4) is 0 Å². The molecule has 0 aromatic heterocycles. The van der Waals surface area contributed by atoms with Crippen LogP contribution < -0.4 is 16.0 Å². The predicted octanol–water partition coefficient (Wildman–Crippen LogP) is 3.89. The number of carbonyl (C=O) groups excluding carboxylic acids is 2. The van der Waals surface area contributed by atoms with Crippen molar-refractivity contribution in [1.82, 2.24) is 5.32 Å². The van der Waals surface area contributed by atoms with Crippen molar-refractivity contribution in [2.75, 3.05) is 17.2 Å². The molecule has 0 aliphatic heterocycles. The van der Waals surface area contributed by atoms with Crippen LogP contribution in [0.1, 0.15) is 0 Å². The molecule has 8 heteroatoms. The molecular formula is C15H12Cl2FN3O2. The maximum absolute atomic E-state index is 13.0. The fourth-order valence-electron chi connectivity index (χ4n) is 1.71. The first-order chi connectivity index (χ1) is 11.0. The van der Waals surface area contributed by atoms with Gasteiger partial charge in [0, 0.05) is 5.69 Å². The Kier molecular flexibility index (Phi) is 5.78. The molecule has 3 N–H and O–H groups in total. The Morgan fingerprint density at radius 1 is 1.00 bits per heavy atom. The minimum absolute atomic E-state index is 0.249. The molecule has 0 aliphatic carbocycles. The van der Waals surface area contributed by atoms with Crippen molar-refractivity contribution in [3.63, 3.8) is 0 Å². The molecule has 0 heterocycles. The molecule has 23 heavy (non-hydrogen) atoms. The quantitative estimate of drug-likeness (QED) is 0.778. The fraction of sp³-hybridized carbons (Fsp3) is 0.0667. The molecule has 0 radical (unpaired) electrons. The molecule has 0 bridgehead atoms. The van der Waals surface area contributed by atoms with Gasteiger partial charge >= 0.3 is 6.03 Å². The molecule has 0 atom stereocenters. The molecule has 2 aromatic carbocycles. The van der Waals surface area contributed by atoms with E-state index in [1.165, 1.54) is 24.3 Å². The average Bonchev–Trinajstić information content (AvgIpc) is 2.49. The number of benzene rings is 2. The summed E-state index contributed by atoms with van der Waals surface area (Å²) >= 11 is 11.8. The first-order valence-corrected chi connectivity index (χ1v) is 7.25. The Labute approximate surface area is 141 Å². The van der Waals surface area contributed by atoms with Crippen LogP contribution in [0.25, 0.3) is 0 Å². The highest BCUT2D eigenvalue weighted by atomic mass is 35.5. The highest BCUT2D eigenvalue weighted by Gasteiger charge is 2.10. The van der Waals surface area contributed by atoms with Gasteiger partial charge in [0.2, 0.25) is 5.91 Å². The Hall–Kier alpha value is -2.31. The fourth-order valence-corrected chi connectivity index (χ4v) is 2.20. The van der Waals surface area contributed by atoms with Crippen molar-refractivity contribution in [3.8, 4) is 0 Å². The second kappa shape index (κ2) is 7.80. The summed E-state index contributed by atoms with van der Waals surface area (Å²) in [5.41, 5.74) is 0.547. The maximum Gasteiger partial charge on any atom is 0.319 e. The van der Waals surface area contributed by atoms with Crippen molar-refractivity contribution in [2.45, 2.75) is 0 Å². The summed E-state index contributed by atoms with van der Waals surface area (Å²) in [5, 5.41) is 7.80. The summed E-state index contributed by atoms with van der Waals surface area (Å²) in [6, 6.07) is 9.56. The van der Waals surface area contributed by atoms with Crippen molar-refractivity contribution >= 4 is 46.5 Å². The van der Waals surface area contributed by atoms with Gasteiger partial charge in [-0.2, -0.15) is 0 Å². The summed E-state index contributed by atoms with van der Waals surface area (Å²) in [4.78, 5) is 23.4. The highest BCUT2D eigenvalue weighted by Crippen LogP contribution is 2.29. The number of hydrogen-bond acceptors (Lipinski definition) is 2. The number of carbonyl (C=O) groups is 2. The van der Waals surface area contributed by atoms with Crippen molar-refractivity contribution in [1.29, 1.82) is 0 Å². The lowest BCUT2D eigenvalue weighted by Gasteiger charge is -2.10. The third kappa shape index (κ3) is 5.12. The lowest BCUT2D eigenvalue weighted by molar-refractivity contribution is -0.115. The Balaban J connectivity index is 1.85. The van der Waals surface area contributed by atoms with E-state index in [0.29, 0.717) is 5.69 Å². The van der Waals surface area contributed by atoms with Gasteiger partial charge in [0.1, 0.15) is 5.82 Å². The summed E-state index contributed by atoms with van der Waals surface area (Å²) in [5.74, 6) is -0.974. The van der Waals surface area contributed by atoms with E-state index in [4.69, 9.17) is 23.2 Å². The number of hydrogen-bond donors (Lipinski definition) is 3.